The third-order valence-electron chi connectivity index (χ3n) is 4.59. The molecule has 2 aromatic rings. The lowest BCUT2D eigenvalue weighted by Gasteiger charge is -2.37. The number of aromatic nitrogens is 2. The van der Waals surface area contributed by atoms with Crippen LogP contribution in [0.2, 0.25) is 0 Å². The molecule has 1 amide bonds. The number of amides is 1. The van der Waals surface area contributed by atoms with E-state index < -0.39 is 24.0 Å². The summed E-state index contributed by atoms with van der Waals surface area (Å²) in [6.07, 6.45) is 0.330. The third-order valence-corrected chi connectivity index (χ3v) is 4.59. The van der Waals surface area contributed by atoms with Crippen LogP contribution in [0.3, 0.4) is 0 Å². The number of H-pyrrole nitrogens is 1. The Labute approximate surface area is 144 Å². The normalized spacial score (nSPS) is 20.5. The van der Waals surface area contributed by atoms with Gasteiger partial charge in [-0.3, -0.25) is 4.79 Å². The largest absolute Gasteiger partial charge is 0.340 e. The van der Waals surface area contributed by atoms with E-state index in [1.807, 2.05) is 30.3 Å². The van der Waals surface area contributed by atoms with Crippen molar-refractivity contribution in [2.75, 3.05) is 6.54 Å². The summed E-state index contributed by atoms with van der Waals surface area (Å²) in [6, 6.07) is 8.99. The molecular weight excluding hydrogens is 331 g/mol. The molecule has 1 aromatic heterocycles. The number of halogens is 3. The number of benzene rings is 1. The van der Waals surface area contributed by atoms with Crippen LogP contribution in [-0.4, -0.2) is 39.4 Å². The number of aromatic amines is 1. The van der Waals surface area contributed by atoms with E-state index in [0.29, 0.717) is 25.6 Å². The summed E-state index contributed by atoms with van der Waals surface area (Å²) in [6.45, 7) is 0.889. The molecule has 2 atom stereocenters. The van der Waals surface area contributed by atoms with Gasteiger partial charge in [-0.25, -0.2) is 18.2 Å². The van der Waals surface area contributed by atoms with Crippen molar-refractivity contribution >= 4 is 5.91 Å². The zero-order chi connectivity index (χ0) is 18.0. The van der Waals surface area contributed by atoms with Crippen molar-refractivity contribution in [3.63, 3.8) is 0 Å². The molecule has 3 rings (SSSR count). The maximum Gasteiger partial charge on any atom is 0.280 e. The number of piperidine rings is 1. The highest BCUT2D eigenvalue weighted by atomic mass is 19.3. The van der Waals surface area contributed by atoms with E-state index >= 15 is 0 Å². The Morgan fingerprint density at radius 1 is 1.32 bits per heavy atom. The number of likely N-dealkylation sites (tertiary alicyclic amines) is 1. The molecule has 0 radical (unpaired) electrons. The molecule has 134 valence electrons. The van der Waals surface area contributed by atoms with E-state index in [2.05, 4.69) is 9.97 Å². The van der Waals surface area contributed by atoms with Gasteiger partial charge in [-0.2, -0.15) is 0 Å². The van der Waals surface area contributed by atoms with Crippen LogP contribution >= 0.6 is 0 Å². The number of nitrogens with zero attached hydrogens (tertiary/aromatic N) is 2. The highest BCUT2D eigenvalue weighted by Gasteiger charge is 2.48. The molecule has 2 heterocycles. The van der Waals surface area contributed by atoms with Crippen molar-refractivity contribution in [2.24, 2.45) is 0 Å². The van der Waals surface area contributed by atoms with Crippen molar-refractivity contribution < 1.29 is 18.0 Å². The summed E-state index contributed by atoms with van der Waals surface area (Å²) < 4.78 is 40.0. The Kier molecular flexibility index (Phi) is 4.83. The van der Waals surface area contributed by atoms with E-state index in [1.165, 1.54) is 4.90 Å². The van der Waals surface area contributed by atoms with Crippen LogP contribution in [0.1, 0.15) is 38.1 Å². The first-order chi connectivity index (χ1) is 11.9. The Morgan fingerprint density at radius 2 is 2.04 bits per heavy atom. The number of imidazole rings is 1. The number of carbonyl (C=O) groups excluding carboxylic acids is 1. The SMILES string of the molecule is CC(F)(C(=O)N1CCCCC1c1ncc(-c2ccccc2)[nH]1)C(F)F. The second kappa shape index (κ2) is 6.90. The standard InChI is InChI=1S/C18H20F3N3O/c1-18(21,16(19)20)17(25)24-10-6-5-9-14(24)15-22-11-13(23-15)12-7-3-2-4-8-12/h2-4,7-8,11,14,16H,5-6,9-10H2,1H3,(H,22,23). The molecule has 1 saturated heterocycles. The van der Waals surface area contributed by atoms with Crippen LogP contribution < -0.4 is 0 Å². The number of rotatable bonds is 4. The molecule has 0 saturated carbocycles. The molecule has 0 aliphatic carbocycles. The van der Waals surface area contributed by atoms with Crippen molar-refractivity contribution in [2.45, 2.75) is 44.3 Å². The average Bonchev–Trinajstić information content (AvgIpc) is 3.11. The van der Waals surface area contributed by atoms with Gasteiger partial charge in [0.05, 0.1) is 17.9 Å². The van der Waals surface area contributed by atoms with Gasteiger partial charge in [0.2, 0.25) is 5.67 Å². The zero-order valence-corrected chi connectivity index (χ0v) is 13.9. The van der Waals surface area contributed by atoms with E-state index in [4.69, 9.17) is 0 Å². The molecular formula is C18H20F3N3O. The second-order valence-corrected chi connectivity index (χ2v) is 6.43. The van der Waals surface area contributed by atoms with E-state index in [9.17, 15) is 18.0 Å². The van der Waals surface area contributed by atoms with Crippen molar-refractivity contribution in [3.8, 4) is 11.3 Å². The molecule has 1 aliphatic heterocycles. The molecule has 1 fully saturated rings. The molecule has 0 bridgehead atoms. The predicted octanol–water partition coefficient (Wildman–Crippen LogP) is 4.12. The molecule has 1 aliphatic rings. The van der Waals surface area contributed by atoms with Crippen LogP contribution in [0.15, 0.2) is 36.5 Å². The van der Waals surface area contributed by atoms with Crippen LogP contribution in [0, 0.1) is 0 Å². The van der Waals surface area contributed by atoms with E-state index in [1.54, 1.807) is 6.20 Å². The Morgan fingerprint density at radius 3 is 2.72 bits per heavy atom. The molecule has 25 heavy (non-hydrogen) atoms. The summed E-state index contributed by atoms with van der Waals surface area (Å²) >= 11 is 0. The first-order valence-electron chi connectivity index (χ1n) is 8.29. The van der Waals surface area contributed by atoms with Gasteiger partial charge in [-0.15, -0.1) is 0 Å². The van der Waals surface area contributed by atoms with E-state index in [-0.39, 0.29) is 6.54 Å². The summed E-state index contributed by atoms with van der Waals surface area (Å²) in [4.78, 5) is 21.0. The number of hydrogen-bond donors (Lipinski definition) is 1. The summed E-state index contributed by atoms with van der Waals surface area (Å²) in [5.74, 6) is -0.679. The fraction of sp³-hybridized carbons (Fsp3) is 0.444. The summed E-state index contributed by atoms with van der Waals surface area (Å²) in [7, 11) is 0. The van der Waals surface area contributed by atoms with Crippen molar-refractivity contribution in [1.82, 2.24) is 14.9 Å². The lowest BCUT2D eigenvalue weighted by atomic mass is 9.98. The number of alkyl halides is 3. The topological polar surface area (TPSA) is 49.0 Å². The smallest absolute Gasteiger partial charge is 0.280 e. The third kappa shape index (κ3) is 3.41. The molecule has 2 unspecified atom stereocenters. The maximum atomic E-state index is 14.2. The molecule has 4 nitrogen and oxygen atoms in total. The maximum absolute atomic E-state index is 14.2. The fourth-order valence-electron chi connectivity index (χ4n) is 3.10. The molecule has 1 aromatic carbocycles. The Balaban J connectivity index is 1.87. The van der Waals surface area contributed by atoms with Gasteiger partial charge in [0.1, 0.15) is 5.82 Å². The minimum Gasteiger partial charge on any atom is -0.340 e. The Bertz CT molecular complexity index is 730. The highest BCUT2D eigenvalue weighted by molar-refractivity contribution is 5.85. The zero-order valence-electron chi connectivity index (χ0n) is 13.9. The average molecular weight is 351 g/mol. The minimum absolute atomic E-state index is 0.247. The van der Waals surface area contributed by atoms with Gasteiger partial charge in [0.25, 0.3) is 12.3 Å². The highest BCUT2D eigenvalue weighted by Crippen LogP contribution is 2.34. The number of hydrogen-bond acceptors (Lipinski definition) is 2. The quantitative estimate of drug-likeness (QED) is 0.901. The van der Waals surface area contributed by atoms with Gasteiger partial charge >= 0.3 is 0 Å². The monoisotopic (exact) mass is 351 g/mol. The van der Waals surface area contributed by atoms with E-state index in [0.717, 1.165) is 17.7 Å². The van der Waals surface area contributed by atoms with Crippen LogP contribution in [0.4, 0.5) is 13.2 Å². The number of nitrogens with one attached hydrogen (secondary N) is 1. The second-order valence-electron chi connectivity index (χ2n) is 6.43. The van der Waals surface area contributed by atoms with Gasteiger partial charge < -0.3 is 9.88 Å². The van der Waals surface area contributed by atoms with Gasteiger partial charge in [-0.1, -0.05) is 30.3 Å². The number of carbonyl (C=O) groups is 1. The lowest BCUT2D eigenvalue weighted by molar-refractivity contribution is -0.157. The first-order valence-corrected chi connectivity index (χ1v) is 8.29. The predicted molar refractivity (Wildman–Crippen MR) is 87.8 cm³/mol. The van der Waals surface area contributed by atoms with Crippen LogP contribution in [-0.2, 0) is 4.79 Å². The minimum atomic E-state index is -3.36. The summed E-state index contributed by atoms with van der Waals surface area (Å²) in [5.41, 5.74) is -1.49. The summed E-state index contributed by atoms with van der Waals surface area (Å²) in [5, 5.41) is 0. The van der Waals surface area contributed by atoms with Crippen molar-refractivity contribution in [3.05, 3.63) is 42.4 Å². The molecule has 0 spiro atoms. The lowest BCUT2D eigenvalue weighted by Crippen LogP contribution is -2.51. The van der Waals surface area contributed by atoms with Crippen LogP contribution in [0.25, 0.3) is 11.3 Å². The molecule has 1 N–H and O–H groups in total. The van der Waals surface area contributed by atoms with Gasteiger partial charge in [0.15, 0.2) is 0 Å². The van der Waals surface area contributed by atoms with Gasteiger partial charge in [0, 0.05) is 6.54 Å². The van der Waals surface area contributed by atoms with Crippen molar-refractivity contribution in [1.29, 1.82) is 0 Å². The molecule has 7 heteroatoms. The van der Waals surface area contributed by atoms with Gasteiger partial charge in [-0.05, 0) is 31.7 Å². The van der Waals surface area contributed by atoms with Crippen LogP contribution in [0.5, 0.6) is 0 Å². The Hall–Kier alpha value is -2.31. The first kappa shape index (κ1) is 17.5. The fourth-order valence-corrected chi connectivity index (χ4v) is 3.10.